The Labute approximate surface area is 168 Å². The van der Waals surface area contributed by atoms with Crippen molar-refractivity contribution in [2.24, 2.45) is 0 Å². The summed E-state index contributed by atoms with van der Waals surface area (Å²) < 4.78 is 24.2. The van der Waals surface area contributed by atoms with Gasteiger partial charge in [0.05, 0.1) is 27.8 Å². The third kappa shape index (κ3) is 3.74. The van der Waals surface area contributed by atoms with Crippen molar-refractivity contribution in [3.05, 3.63) is 66.7 Å². The Balaban J connectivity index is 1.90. The van der Waals surface area contributed by atoms with Gasteiger partial charge in [-0.1, -0.05) is 6.07 Å². The summed E-state index contributed by atoms with van der Waals surface area (Å²) in [6.07, 6.45) is 7.39. The fourth-order valence-electron chi connectivity index (χ4n) is 3.30. The van der Waals surface area contributed by atoms with Gasteiger partial charge in [-0.2, -0.15) is 0 Å². The average molecular weight is 405 g/mol. The lowest BCUT2D eigenvalue weighted by Gasteiger charge is -2.14. The summed E-state index contributed by atoms with van der Waals surface area (Å²) in [5.74, 6) is 0. The number of sulfone groups is 1. The van der Waals surface area contributed by atoms with Gasteiger partial charge >= 0.3 is 0 Å². The molecule has 0 aliphatic heterocycles. The highest BCUT2D eigenvalue weighted by Crippen LogP contribution is 2.34. The van der Waals surface area contributed by atoms with Crippen LogP contribution >= 0.6 is 0 Å². The molecule has 0 radical (unpaired) electrons. The van der Waals surface area contributed by atoms with Crippen LogP contribution in [-0.2, 0) is 9.84 Å². The number of nitrogen functional groups attached to an aromatic ring is 1. The summed E-state index contributed by atoms with van der Waals surface area (Å²) >= 11 is 0. The van der Waals surface area contributed by atoms with E-state index in [1.807, 2.05) is 37.3 Å². The maximum atomic E-state index is 12.1. The minimum atomic E-state index is -3.41. The largest absolute Gasteiger partial charge is 0.399 e. The molecule has 0 unspecified atom stereocenters. The topological polar surface area (TPSA) is 111 Å². The molecule has 0 spiro atoms. The van der Waals surface area contributed by atoms with Crippen molar-refractivity contribution in [1.82, 2.24) is 15.0 Å². The highest BCUT2D eigenvalue weighted by molar-refractivity contribution is 7.90. The molecule has 2 aromatic heterocycles. The molecule has 3 N–H and O–H groups in total. The molecule has 0 aliphatic carbocycles. The molecule has 4 rings (SSSR count). The summed E-state index contributed by atoms with van der Waals surface area (Å²) in [7, 11) is -3.41. The number of nitrogens with zero attached hydrogens (tertiary/aromatic N) is 3. The summed E-state index contributed by atoms with van der Waals surface area (Å²) in [5, 5.41) is 3.18. The van der Waals surface area contributed by atoms with Crippen LogP contribution in [0.5, 0.6) is 0 Å². The Bertz CT molecular complexity index is 1340. The molecule has 0 aliphatic rings. The first-order chi connectivity index (χ1) is 13.8. The summed E-state index contributed by atoms with van der Waals surface area (Å²) in [6, 6.07) is 10.9. The van der Waals surface area contributed by atoms with Crippen LogP contribution in [0.3, 0.4) is 0 Å². The predicted octanol–water partition coefficient (Wildman–Crippen LogP) is 3.73. The van der Waals surface area contributed by atoms with Crippen LogP contribution in [0.25, 0.3) is 22.2 Å². The van der Waals surface area contributed by atoms with Crippen molar-refractivity contribution >= 4 is 37.9 Å². The van der Waals surface area contributed by atoms with Crippen molar-refractivity contribution in [1.29, 1.82) is 0 Å². The van der Waals surface area contributed by atoms with Gasteiger partial charge in [-0.15, -0.1) is 0 Å². The molecule has 146 valence electrons. The van der Waals surface area contributed by atoms with Gasteiger partial charge in [0.1, 0.15) is 0 Å². The van der Waals surface area contributed by atoms with Gasteiger partial charge in [-0.3, -0.25) is 15.0 Å². The van der Waals surface area contributed by atoms with Crippen LogP contribution in [0.2, 0.25) is 0 Å². The molecule has 8 heteroatoms. The van der Waals surface area contributed by atoms with Gasteiger partial charge in [-0.05, 0) is 48.4 Å². The molecule has 4 aromatic rings. The Morgan fingerprint density at radius 2 is 1.76 bits per heavy atom. The summed E-state index contributed by atoms with van der Waals surface area (Å²) in [6.45, 7) is 1.98. The molecule has 2 heterocycles. The number of benzene rings is 2. The number of hydrogen-bond donors (Lipinski definition) is 2. The maximum Gasteiger partial charge on any atom is 0.177 e. The molecular formula is C21H19N5O2S. The zero-order chi connectivity index (χ0) is 20.6. The molecule has 0 saturated heterocycles. The monoisotopic (exact) mass is 405 g/mol. The fourth-order valence-corrected chi connectivity index (χ4v) is 4.11. The lowest BCUT2D eigenvalue weighted by molar-refractivity contribution is 0.602. The summed E-state index contributed by atoms with van der Waals surface area (Å²) in [5.41, 5.74) is 12.0. The standard InChI is InChI=1S/C21H19N5O2S/c1-13-9-14(22)3-4-16(13)17-10-15(11-18-21(17)25-8-7-24-18)26-19-12-23-6-5-20(19)29(2,27)28/h3-12,26H,22H2,1-2H3. The molecule has 0 atom stereocenters. The zero-order valence-electron chi connectivity index (χ0n) is 15.9. The van der Waals surface area contributed by atoms with Crippen LogP contribution in [0.4, 0.5) is 17.1 Å². The first-order valence-corrected chi connectivity index (χ1v) is 10.7. The molecule has 0 amide bonds. The smallest absolute Gasteiger partial charge is 0.177 e. The van der Waals surface area contributed by atoms with E-state index >= 15 is 0 Å². The number of aryl methyl sites for hydroxylation is 1. The van der Waals surface area contributed by atoms with E-state index < -0.39 is 9.84 Å². The lowest BCUT2D eigenvalue weighted by Crippen LogP contribution is -2.03. The first-order valence-electron chi connectivity index (χ1n) is 8.85. The zero-order valence-corrected chi connectivity index (χ0v) is 16.7. The SMILES string of the molecule is Cc1cc(N)ccc1-c1cc(Nc2cnccc2S(C)(=O)=O)cc2nccnc12. The van der Waals surface area contributed by atoms with Crippen molar-refractivity contribution < 1.29 is 8.42 Å². The van der Waals surface area contributed by atoms with Crippen LogP contribution < -0.4 is 11.1 Å². The van der Waals surface area contributed by atoms with Crippen LogP contribution in [0, 0.1) is 6.92 Å². The Kier molecular flexibility index (Phi) is 4.63. The normalized spacial score (nSPS) is 11.5. The second-order valence-electron chi connectivity index (χ2n) is 6.79. The van der Waals surface area contributed by atoms with E-state index in [1.165, 1.54) is 24.7 Å². The van der Waals surface area contributed by atoms with Gasteiger partial charge in [0, 0.05) is 41.8 Å². The number of nitrogens with two attached hydrogens (primary N) is 1. The lowest BCUT2D eigenvalue weighted by atomic mass is 9.98. The second-order valence-corrected chi connectivity index (χ2v) is 8.78. The second kappa shape index (κ2) is 7.14. The van der Waals surface area contributed by atoms with Crippen molar-refractivity contribution in [3.63, 3.8) is 0 Å². The fraction of sp³-hybridized carbons (Fsp3) is 0.0952. The number of nitrogens with one attached hydrogen (secondary N) is 1. The van der Waals surface area contributed by atoms with Crippen molar-refractivity contribution in [2.45, 2.75) is 11.8 Å². The average Bonchev–Trinajstić information content (AvgIpc) is 2.67. The minimum Gasteiger partial charge on any atom is -0.399 e. The molecule has 0 saturated carbocycles. The minimum absolute atomic E-state index is 0.178. The highest BCUT2D eigenvalue weighted by Gasteiger charge is 2.15. The first kappa shape index (κ1) is 18.8. The van der Waals surface area contributed by atoms with Crippen LogP contribution in [-0.4, -0.2) is 29.6 Å². The Morgan fingerprint density at radius 1 is 0.966 bits per heavy atom. The number of fused-ring (bicyclic) bond motifs is 1. The third-order valence-corrected chi connectivity index (χ3v) is 5.73. The van der Waals surface area contributed by atoms with Gasteiger partial charge in [0.15, 0.2) is 9.84 Å². The molecule has 7 nitrogen and oxygen atoms in total. The van der Waals surface area contributed by atoms with Gasteiger partial charge in [0.25, 0.3) is 0 Å². The molecule has 29 heavy (non-hydrogen) atoms. The predicted molar refractivity (Wildman–Crippen MR) is 115 cm³/mol. The van der Waals surface area contributed by atoms with E-state index in [4.69, 9.17) is 5.73 Å². The highest BCUT2D eigenvalue weighted by atomic mass is 32.2. The number of pyridine rings is 1. The van der Waals surface area contributed by atoms with E-state index in [0.717, 1.165) is 22.2 Å². The number of hydrogen-bond acceptors (Lipinski definition) is 7. The van der Waals surface area contributed by atoms with Gasteiger partial charge in [-0.25, -0.2) is 8.42 Å². The molecule has 0 bridgehead atoms. The molecular weight excluding hydrogens is 386 g/mol. The van der Waals surface area contributed by atoms with Gasteiger partial charge < -0.3 is 11.1 Å². The molecule has 0 fully saturated rings. The maximum absolute atomic E-state index is 12.1. The van der Waals surface area contributed by atoms with E-state index in [2.05, 4.69) is 20.3 Å². The third-order valence-electron chi connectivity index (χ3n) is 4.57. The molecule has 2 aromatic carbocycles. The Hall–Kier alpha value is -3.52. The van der Waals surface area contributed by atoms with E-state index in [-0.39, 0.29) is 4.90 Å². The number of anilines is 3. The number of aromatic nitrogens is 3. The van der Waals surface area contributed by atoms with Crippen molar-refractivity contribution in [2.75, 3.05) is 17.3 Å². The quantitative estimate of drug-likeness (QED) is 0.498. The van der Waals surface area contributed by atoms with Gasteiger partial charge in [0.2, 0.25) is 0 Å². The van der Waals surface area contributed by atoms with Crippen LogP contribution in [0.15, 0.2) is 66.1 Å². The Morgan fingerprint density at radius 3 is 2.52 bits per heavy atom. The van der Waals surface area contributed by atoms with Crippen molar-refractivity contribution in [3.8, 4) is 11.1 Å². The van der Waals surface area contributed by atoms with Crippen LogP contribution in [0.1, 0.15) is 5.56 Å². The number of rotatable bonds is 4. The van der Waals surface area contributed by atoms with E-state index in [9.17, 15) is 8.42 Å². The van der Waals surface area contributed by atoms with E-state index in [0.29, 0.717) is 22.6 Å². The summed E-state index contributed by atoms with van der Waals surface area (Å²) in [4.78, 5) is 13.2. The van der Waals surface area contributed by atoms with E-state index in [1.54, 1.807) is 12.4 Å².